The number of carbonyl (C=O) groups is 1. The number of aromatic nitrogens is 3. The molecule has 0 radical (unpaired) electrons. The lowest BCUT2D eigenvalue weighted by Crippen LogP contribution is -2.09. The van der Waals surface area contributed by atoms with Gasteiger partial charge in [0.1, 0.15) is 6.07 Å². The summed E-state index contributed by atoms with van der Waals surface area (Å²) in [4.78, 5) is 15.9. The van der Waals surface area contributed by atoms with Gasteiger partial charge >= 0.3 is 5.97 Å². The number of pyridine rings is 1. The third-order valence-corrected chi connectivity index (χ3v) is 2.56. The highest BCUT2D eigenvalue weighted by Crippen LogP contribution is 2.17. The molecule has 0 atom stereocenters. The lowest BCUT2D eigenvalue weighted by atomic mass is 10.2. The van der Waals surface area contributed by atoms with Crippen LogP contribution in [0.25, 0.3) is 5.82 Å². The summed E-state index contributed by atoms with van der Waals surface area (Å²) in [7, 11) is 0. The van der Waals surface area contributed by atoms with Crippen LogP contribution >= 0.6 is 0 Å². The number of aryl methyl sites for hydroxylation is 1. The van der Waals surface area contributed by atoms with E-state index >= 15 is 0 Å². The Kier molecular flexibility index (Phi) is 3.66. The van der Waals surface area contributed by atoms with Crippen molar-refractivity contribution in [3.8, 4) is 11.9 Å². The van der Waals surface area contributed by atoms with Crippen LogP contribution in [0.3, 0.4) is 0 Å². The van der Waals surface area contributed by atoms with Gasteiger partial charge in [-0.2, -0.15) is 10.4 Å². The van der Waals surface area contributed by atoms with Crippen LogP contribution in [0.5, 0.6) is 0 Å². The van der Waals surface area contributed by atoms with Gasteiger partial charge in [0.05, 0.1) is 24.1 Å². The molecule has 2 aromatic heterocycles. The smallest absolute Gasteiger partial charge is 0.361 e. The van der Waals surface area contributed by atoms with Crippen molar-refractivity contribution in [2.45, 2.75) is 13.8 Å². The maximum absolute atomic E-state index is 11.7. The van der Waals surface area contributed by atoms with Gasteiger partial charge in [0.15, 0.2) is 11.5 Å². The number of nitrogens with zero attached hydrogens (tertiary/aromatic N) is 4. The molecule has 0 saturated heterocycles. The summed E-state index contributed by atoms with van der Waals surface area (Å²) >= 11 is 0. The maximum atomic E-state index is 11.7. The molecule has 0 aliphatic heterocycles. The summed E-state index contributed by atoms with van der Waals surface area (Å²) in [5, 5.41) is 13.1. The zero-order valence-electron chi connectivity index (χ0n) is 11.1. The summed E-state index contributed by atoms with van der Waals surface area (Å²) in [5.41, 5.74) is 7.00. The van der Waals surface area contributed by atoms with Crippen molar-refractivity contribution in [3.63, 3.8) is 0 Å². The van der Waals surface area contributed by atoms with Crippen molar-refractivity contribution < 1.29 is 9.53 Å². The predicted molar refractivity (Wildman–Crippen MR) is 71.2 cm³/mol. The predicted octanol–water partition coefficient (Wildman–Crippen LogP) is 1.21. The molecular formula is C13H13N5O2. The Morgan fingerprint density at radius 2 is 2.30 bits per heavy atom. The van der Waals surface area contributed by atoms with Crippen LogP contribution in [0.4, 0.5) is 5.69 Å². The lowest BCUT2D eigenvalue weighted by Gasteiger charge is -2.03. The van der Waals surface area contributed by atoms with Gasteiger partial charge in [0, 0.05) is 5.69 Å². The first kappa shape index (κ1) is 13.5. The molecule has 0 spiro atoms. The van der Waals surface area contributed by atoms with Crippen molar-refractivity contribution in [3.05, 3.63) is 35.3 Å². The molecule has 7 heteroatoms. The van der Waals surface area contributed by atoms with Crippen LogP contribution in [0, 0.1) is 18.3 Å². The van der Waals surface area contributed by atoms with E-state index in [1.54, 1.807) is 26.0 Å². The Balaban J connectivity index is 2.50. The van der Waals surface area contributed by atoms with Crippen molar-refractivity contribution in [1.29, 1.82) is 5.26 Å². The maximum Gasteiger partial charge on any atom is 0.361 e. The van der Waals surface area contributed by atoms with E-state index in [9.17, 15) is 4.79 Å². The molecule has 7 nitrogen and oxygen atoms in total. The molecule has 0 saturated carbocycles. The molecule has 0 aromatic carbocycles. The lowest BCUT2D eigenvalue weighted by molar-refractivity contribution is 0.0520. The summed E-state index contributed by atoms with van der Waals surface area (Å²) in [6.07, 6.45) is 1.44. The third kappa shape index (κ3) is 2.44. The highest BCUT2D eigenvalue weighted by molar-refractivity contribution is 5.92. The highest BCUT2D eigenvalue weighted by Gasteiger charge is 2.18. The van der Waals surface area contributed by atoms with Crippen LogP contribution < -0.4 is 5.73 Å². The number of anilines is 1. The van der Waals surface area contributed by atoms with E-state index in [2.05, 4.69) is 10.1 Å². The van der Waals surface area contributed by atoms with Gasteiger partial charge in [0.25, 0.3) is 0 Å². The molecule has 0 amide bonds. The van der Waals surface area contributed by atoms with Gasteiger partial charge in [-0.3, -0.25) is 0 Å². The molecule has 102 valence electrons. The molecule has 2 heterocycles. The third-order valence-electron chi connectivity index (χ3n) is 2.56. The quantitative estimate of drug-likeness (QED) is 0.841. The Morgan fingerprint density at radius 3 is 2.95 bits per heavy atom. The molecule has 0 fully saturated rings. The van der Waals surface area contributed by atoms with Gasteiger partial charge in [0.2, 0.25) is 0 Å². The monoisotopic (exact) mass is 271 g/mol. The summed E-state index contributed by atoms with van der Waals surface area (Å²) in [6.45, 7) is 3.72. The van der Waals surface area contributed by atoms with E-state index < -0.39 is 5.97 Å². The van der Waals surface area contributed by atoms with E-state index in [0.29, 0.717) is 11.4 Å². The first-order valence-electron chi connectivity index (χ1n) is 5.97. The van der Waals surface area contributed by atoms with E-state index in [-0.39, 0.29) is 18.0 Å². The van der Waals surface area contributed by atoms with E-state index in [1.807, 2.05) is 6.07 Å². The molecule has 2 rings (SSSR count). The number of carbonyl (C=O) groups excluding carboxylic acids is 1. The highest BCUT2D eigenvalue weighted by atomic mass is 16.5. The molecular weight excluding hydrogens is 258 g/mol. The van der Waals surface area contributed by atoms with Crippen molar-refractivity contribution in [2.75, 3.05) is 12.3 Å². The molecule has 0 aliphatic rings. The first-order valence-corrected chi connectivity index (χ1v) is 5.97. The number of nitrogens with two attached hydrogens (primary N) is 1. The Morgan fingerprint density at radius 1 is 1.55 bits per heavy atom. The number of nitriles is 1. The number of ether oxygens (including phenoxy) is 1. The Hall–Kier alpha value is -2.88. The van der Waals surface area contributed by atoms with Gasteiger partial charge in [-0.1, -0.05) is 0 Å². The average Bonchev–Trinajstić information content (AvgIpc) is 2.81. The number of esters is 1. The second kappa shape index (κ2) is 5.40. The van der Waals surface area contributed by atoms with Crippen LogP contribution in [0.1, 0.15) is 28.7 Å². The minimum Gasteiger partial charge on any atom is -0.461 e. The number of hydrogen-bond acceptors (Lipinski definition) is 6. The first-order chi connectivity index (χ1) is 9.56. The average molecular weight is 271 g/mol. The van der Waals surface area contributed by atoms with E-state index in [1.165, 1.54) is 10.9 Å². The Labute approximate surface area is 115 Å². The second-order valence-electron chi connectivity index (χ2n) is 4.03. The van der Waals surface area contributed by atoms with Crippen molar-refractivity contribution in [2.24, 2.45) is 0 Å². The van der Waals surface area contributed by atoms with Gasteiger partial charge in [-0.15, -0.1) is 0 Å². The Bertz CT molecular complexity index is 699. The fraction of sp³-hybridized carbons (Fsp3) is 0.231. The largest absolute Gasteiger partial charge is 0.461 e. The molecule has 0 bridgehead atoms. The minimum absolute atomic E-state index is 0.0130. The molecule has 20 heavy (non-hydrogen) atoms. The summed E-state index contributed by atoms with van der Waals surface area (Å²) < 4.78 is 6.17. The second-order valence-corrected chi connectivity index (χ2v) is 4.03. The molecule has 2 N–H and O–H groups in total. The van der Waals surface area contributed by atoms with Gasteiger partial charge in [-0.05, 0) is 26.0 Å². The summed E-state index contributed by atoms with van der Waals surface area (Å²) in [5.74, 6) is -0.273. The zero-order valence-corrected chi connectivity index (χ0v) is 11.1. The van der Waals surface area contributed by atoms with E-state index in [4.69, 9.17) is 15.7 Å². The fourth-order valence-electron chi connectivity index (χ4n) is 1.66. The fourth-order valence-corrected chi connectivity index (χ4v) is 1.66. The molecule has 2 aromatic rings. The minimum atomic E-state index is -0.602. The number of nitrogen functional groups attached to an aromatic ring is 1. The van der Waals surface area contributed by atoms with Crippen molar-refractivity contribution in [1.82, 2.24) is 14.8 Å². The topological polar surface area (TPSA) is 107 Å². The summed E-state index contributed by atoms with van der Waals surface area (Å²) in [6, 6.07) is 5.39. The molecule has 0 unspecified atom stereocenters. The number of rotatable bonds is 3. The van der Waals surface area contributed by atoms with Crippen LogP contribution in [-0.2, 0) is 4.74 Å². The standard InChI is InChI=1S/C13H13N5O2/c1-3-20-13(19)11-10(15)7-18(17-11)12-9(6-14)5-4-8(2)16-12/h4-5,7H,3,15H2,1-2H3. The number of hydrogen-bond donors (Lipinski definition) is 1. The van der Waals surface area contributed by atoms with Crippen molar-refractivity contribution >= 4 is 11.7 Å². The van der Waals surface area contributed by atoms with Gasteiger partial charge in [-0.25, -0.2) is 14.5 Å². The zero-order chi connectivity index (χ0) is 14.7. The normalized spacial score (nSPS) is 10.1. The van der Waals surface area contributed by atoms with Crippen LogP contribution in [-0.4, -0.2) is 27.3 Å². The van der Waals surface area contributed by atoms with Gasteiger partial charge < -0.3 is 10.5 Å². The van der Waals surface area contributed by atoms with Crippen LogP contribution in [0.2, 0.25) is 0 Å². The van der Waals surface area contributed by atoms with Crippen LogP contribution in [0.15, 0.2) is 18.3 Å². The molecule has 0 aliphatic carbocycles. The SMILES string of the molecule is CCOC(=O)c1nn(-c2nc(C)ccc2C#N)cc1N. The van der Waals surface area contributed by atoms with E-state index in [0.717, 1.165) is 5.69 Å².